The Labute approximate surface area is 97.6 Å². The minimum absolute atomic E-state index is 0.0545. The Balaban J connectivity index is 2.76. The first-order valence-electron chi connectivity index (χ1n) is 5.44. The smallest absolute Gasteiger partial charge is 0.155 e. The Morgan fingerprint density at radius 1 is 1.19 bits per heavy atom. The van der Waals surface area contributed by atoms with E-state index in [0.29, 0.717) is 5.92 Å². The maximum Gasteiger partial charge on any atom is 0.155 e. The largest absolute Gasteiger partial charge is 0.329 e. The van der Waals surface area contributed by atoms with Crippen LogP contribution in [0.25, 0.3) is 0 Å². The molecule has 1 aromatic rings. The van der Waals surface area contributed by atoms with Crippen LogP contribution in [0, 0.1) is 0 Å². The molecule has 0 aromatic heterocycles. The van der Waals surface area contributed by atoms with Gasteiger partial charge in [0.1, 0.15) is 0 Å². The van der Waals surface area contributed by atoms with Gasteiger partial charge in [0.05, 0.1) is 11.5 Å². The number of rotatable bonds is 5. The van der Waals surface area contributed by atoms with E-state index in [1.807, 2.05) is 24.3 Å². The van der Waals surface area contributed by atoms with Crippen LogP contribution >= 0.6 is 0 Å². The summed E-state index contributed by atoms with van der Waals surface area (Å²) in [6.07, 6.45) is 0. The van der Waals surface area contributed by atoms with E-state index in [-0.39, 0.29) is 18.1 Å². The molecule has 0 heterocycles. The van der Waals surface area contributed by atoms with Crippen LogP contribution in [0.1, 0.15) is 30.9 Å². The first-order valence-corrected chi connectivity index (χ1v) is 7.26. The van der Waals surface area contributed by atoms with E-state index in [0.717, 1.165) is 5.56 Å². The first-order chi connectivity index (χ1) is 7.44. The Kier molecular flexibility index (Phi) is 4.50. The molecule has 0 saturated heterocycles. The second kappa shape index (κ2) is 5.46. The van der Waals surface area contributed by atoms with Gasteiger partial charge in [-0.05, 0) is 17.0 Å². The lowest BCUT2D eigenvalue weighted by Gasteiger charge is -2.07. The van der Waals surface area contributed by atoms with Crippen molar-refractivity contribution >= 4 is 9.84 Å². The number of sulfone groups is 1. The highest BCUT2D eigenvalue weighted by Gasteiger charge is 2.10. The third-order valence-electron chi connectivity index (χ3n) is 2.46. The van der Waals surface area contributed by atoms with Crippen LogP contribution in [-0.2, 0) is 15.6 Å². The molecule has 0 saturated carbocycles. The van der Waals surface area contributed by atoms with Crippen LogP contribution in [0.15, 0.2) is 24.3 Å². The molecule has 0 atom stereocenters. The van der Waals surface area contributed by atoms with Gasteiger partial charge in [0.25, 0.3) is 0 Å². The lowest BCUT2D eigenvalue weighted by atomic mass is 10.0. The molecular formula is C12H19NO2S. The van der Waals surface area contributed by atoms with Gasteiger partial charge in [-0.15, -0.1) is 0 Å². The molecule has 0 amide bonds. The van der Waals surface area contributed by atoms with Crippen molar-refractivity contribution in [2.24, 2.45) is 5.73 Å². The Bertz CT molecular complexity index is 421. The van der Waals surface area contributed by atoms with Crippen LogP contribution < -0.4 is 5.73 Å². The summed E-state index contributed by atoms with van der Waals surface area (Å²) in [6.45, 7) is 4.41. The molecular weight excluding hydrogens is 222 g/mol. The standard InChI is InChI=1S/C12H19NO2S/c1-10(2)12-5-3-11(4-6-12)9-16(14,15)8-7-13/h3-6,10H,7-9,13H2,1-2H3. The van der Waals surface area contributed by atoms with Crippen molar-refractivity contribution in [3.8, 4) is 0 Å². The molecule has 0 aliphatic rings. The fourth-order valence-electron chi connectivity index (χ4n) is 1.50. The monoisotopic (exact) mass is 241 g/mol. The topological polar surface area (TPSA) is 60.2 Å². The fourth-order valence-corrected chi connectivity index (χ4v) is 2.71. The summed E-state index contributed by atoms with van der Waals surface area (Å²) in [5.74, 6) is 0.608. The highest BCUT2D eigenvalue weighted by atomic mass is 32.2. The molecule has 0 bridgehead atoms. The van der Waals surface area contributed by atoms with Crippen molar-refractivity contribution < 1.29 is 8.42 Å². The summed E-state index contributed by atoms with van der Waals surface area (Å²) in [5.41, 5.74) is 7.31. The minimum Gasteiger partial charge on any atom is -0.329 e. The lowest BCUT2D eigenvalue weighted by Crippen LogP contribution is -2.17. The molecule has 90 valence electrons. The third kappa shape index (κ3) is 3.94. The summed E-state index contributed by atoms with van der Waals surface area (Å²) in [6, 6.07) is 7.72. The van der Waals surface area contributed by atoms with Crippen molar-refractivity contribution in [3.63, 3.8) is 0 Å². The van der Waals surface area contributed by atoms with Gasteiger partial charge in [-0.25, -0.2) is 8.42 Å². The van der Waals surface area contributed by atoms with Crippen LogP contribution in [0.5, 0.6) is 0 Å². The van der Waals surface area contributed by atoms with E-state index >= 15 is 0 Å². The number of hydrogen-bond donors (Lipinski definition) is 1. The number of hydrogen-bond acceptors (Lipinski definition) is 3. The maximum absolute atomic E-state index is 11.5. The molecule has 0 aliphatic heterocycles. The predicted octanol–water partition coefficient (Wildman–Crippen LogP) is 1.68. The molecule has 16 heavy (non-hydrogen) atoms. The van der Waals surface area contributed by atoms with Gasteiger partial charge in [0, 0.05) is 6.54 Å². The Hall–Kier alpha value is -0.870. The van der Waals surface area contributed by atoms with E-state index in [4.69, 9.17) is 5.73 Å². The van der Waals surface area contributed by atoms with Gasteiger partial charge in [0.2, 0.25) is 0 Å². The SMILES string of the molecule is CC(C)c1ccc(CS(=O)(=O)CCN)cc1. The summed E-state index contributed by atoms with van der Waals surface area (Å²) in [4.78, 5) is 0. The molecule has 0 fully saturated rings. The normalized spacial score (nSPS) is 12.0. The Morgan fingerprint density at radius 3 is 2.19 bits per heavy atom. The summed E-state index contributed by atoms with van der Waals surface area (Å²) in [7, 11) is -3.04. The molecule has 0 aliphatic carbocycles. The van der Waals surface area contributed by atoms with Crippen LogP contribution in [0.3, 0.4) is 0 Å². The first kappa shape index (κ1) is 13.2. The summed E-state index contributed by atoms with van der Waals surface area (Å²) >= 11 is 0. The fraction of sp³-hybridized carbons (Fsp3) is 0.500. The molecule has 0 unspecified atom stereocenters. The van der Waals surface area contributed by atoms with Crippen molar-refractivity contribution in [2.45, 2.75) is 25.5 Å². The minimum atomic E-state index is -3.04. The van der Waals surface area contributed by atoms with E-state index in [2.05, 4.69) is 13.8 Å². The van der Waals surface area contributed by atoms with Gasteiger partial charge in [0.15, 0.2) is 9.84 Å². The van der Waals surface area contributed by atoms with Crippen LogP contribution in [0.4, 0.5) is 0 Å². The molecule has 3 nitrogen and oxygen atoms in total. The number of benzene rings is 1. The zero-order valence-corrected chi connectivity index (χ0v) is 10.6. The van der Waals surface area contributed by atoms with Gasteiger partial charge >= 0.3 is 0 Å². The number of nitrogens with two attached hydrogens (primary N) is 1. The molecule has 0 spiro atoms. The van der Waals surface area contributed by atoms with Gasteiger partial charge in [-0.3, -0.25) is 0 Å². The predicted molar refractivity (Wildman–Crippen MR) is 67.1 cm³/mol. The maximum atomic E-state index is 11.5. The average Bonchev–Trinajstić information content (AvgIpc) is 2.17. The van der Waals surface area contributed by atoms with Gasteiger partial charge in [-0.2, -0.15) is 0 Å². The second-order valence-corrected chi connectivity index (χ2v) is 6.46. The molecule has 1 rings (SSSR count). The zero-order chi connectivity index (χ0) is 12.2. The quantitative estimate of drug-likeness (QED) is 0.853. The highest BCUT2D eigenvalue weighted by molar-refractivity contribution is 7.90. The lowest BCUT2D eigenvalue weighted by molar-refractivity contribution is 0.595. The summed E-state index contributed by atoms with van der Waals surface area (Å²) in [5, 5.41) is 0. The zero-order valence-electron chi connectivity index (χ0n) is 9.81. The van der Waals surface area contributed by atoms with Gasteiger partial charge in [-0.1, -0.05) is 38.1 Å². The van der Waals surface area contributed by atoms with E-state index in [9.17, 15) is 8.42 Å². The van der Waals surface area contributed by atoms with Crippen molar-refractivity contribution in [3.05, 3.63) is 35.4 Å². The molecule has 2 N–H and O–H groups in total. The van der Waals surface area contributed by atoms with Crippen LogP contribution in [-0.4, -0.2) is 20.7 Å². The Morgan fingerprint density at radius 2 is 1.75 bits per heavy atom. The van der Waals surface area contributed by atoms with Gasteiger partial charge < -0.3 is 5.73 Å². The van der Waals surface area contributed by atoms with E-state index in [1.54, 1.807) is 0 Å². The second-order valence-electron chi connectivity index (χ2n) is 4.28. The average molecular weight is 241 g/mol. The molecule has 1 aromatic carbocycles. The van der Waals surface area contributed by atoms with Crippen molar-refractivity contribution in [1.29, 1.82) is 0 Å². The van der Waals surface area contributed by atoms with Crippen molar-refractivity contribution in [1.82, 2.24) is 0 Å². The molecule has 4 heteroatoms. The highest BCUT2D eigenvalue weighted by Crippen LogP contribution is 2.16. The van der Waals surface area contributed by atoms with Crippen LogP contribution in [0.2, 0.25) is 0 Å². The summed E-state index contributed by atoms with van der Waals surface area (Å²) < 4.78 is 23.1. The van der Waals surface area contributed by atoms with E-state index in [1.165, 1.54) is 5.56 Å². The third-order valence-corrected chi connectivity index (χ3v) is 4.09. The van der Waals surface area contributed by atoms with Crippen molar-refractivity contribution in [2.75, 3.05) is 12.3 Å². The molecule has 0 radical (unpaired) electrons. The van der Waals surface area contributed by atoms with E-state index < -0.39 is 9.84 Å².